The number of ketones is 1. The van der Waals surface area contributed by atoms with Crippen LogP contribution in [0.4, 0.5) is 0 Å². The van der Waals surface area contributed by atoms with Crippen LogP contribution in [0.1, 0.15) is 92.6 Å². The summed E-state index contributed by atoms with van der Waals surface area (Å²) in [6, 6.07) is 6.92. The standard InChI is InChI=1S/C18H29NO3S.C14H24N2O/c1-4-6-8-15(3)18(20)19-13-7-14-23(21,22)17-11-9-16(5-2)10-12-17;1-10(17)13(14(2,3)4)16(6)9-12(15-5)11-7-8-11/h9-12,15H,4-8,13-14H2,1-3H3,(H,19,20);9,11,13H,5,7-8H2,1-4,6H3/b;12-9-/t15-;/m0./s1. The third-order valence-electron chi connectivity index (χ3n) is 7.14. The van der Waals surface area contributed by atoms with Gasteiger partial charge in [0.25, 0.3) is 0 Å². The fourth-order valence-electron chi connectivity index (χ4n) is 4.78. The second kappa shape index (κ2) is 16.7. The Balaban J connectivity index is 0.000000418. The summed E-state index contributed by atoms with van der Waals surface area (Å²) < 4.78 is 24.5. The Bertz CT molecular complexity index is 1080. The molecule has 0 saturated heterocycles. The van der Waals surface area contributed by atoms with Gasteiger partial charge < -0.3 is 10.2 Å². The summed E-state index contributed by atoms with van der Waals surface area (Å²) in [5, 5.41) is 2.83. The number of allylic oxidation sites excluding steroid dienone is 1. The number of aryl methyl sites for hydroxylation is 1. The molecule has 1 N–H and O–H groups in total. The van der Waals surface area contributed by atoms with Gasteiger partial charge in [-0.05, 0) is 68.9 Å². The fourth-order valence-corrected chi connectivity index (χ4v) is 6.10. The number of hydrogen-bond acceptors (Lipinski definition) is 6. The Labute approximate surface area is 243 Å². The first kappa shape index (κ1) is 35.5. The molecule has 7 nitrogen and oxygen atoms in total. The van der Waals surface area contributed by atoms with Crippen molar-refractivity contribution in [3.8, 4) is 0 Å². The maximum absolute atomic E-state index is 12.2. The SMILES string of the molecule is C=N/C(=C\N(C)C(C(C)=O)C(C)(C)C)C1CC1.CCCC[C@H](C)C(=O)NCCCS(=O)(=O)c1ccc(CC)cc1. The number of nitrogens with one attached hydrogen (secondary N) is 1. The fraction of sp³-hybridized carbons (Fsp3) is 0.656. The highest BCUT2D eigenvalue weighted by Gasteiger charge is 2.33. The van der Waals surface area contributed by atoms with Crippen LogP contribution in [-0.2, 0) is 25.8 Å². The summed E-state index contributed by atoms with van der Waals surface area (Å²) in [4.78, 5) is 30.0. The van der Waals surface area contributed by atoms with Gasteiger partial charge in [0.15, 0.2) is 15.6 Å². The van der Waals surface area contributed by atoms with Gasteiger partial charge in [-0.1, -0.05) is 66.5 Å². The number of unbranched alkanes of at least 4 members (excludes halogenated alkanes) is 1. The first-order chi connectivity index (χ1) is 18.7. The molecular formula is C32H53N3O4S. The van der Waals surface area contributed by atoms with Gasteiger partial charge in [0.2, 0.25) is 5.91 Å². The topological polar surface area (TPSA) is 95.9 Å². The molecule has 0 bridgehead atoms. The number of hydrogen-bond donors (Lipinski definition) is 1. The molecule has 226 valence electrons. The van der Waals surface area contributed by atoms with E-state index in [0.717, 1.165) is 36.9 Å². The summed E-state index contributed by atoms with van der Waals surface area (Å²) >= 11 is 0. The van der Waals surface area contributed by atoms with Gasteiger partial charge in [0.05, 0.1) is 22.4 Å². The summed E-state index contributed by atoms with van der Waals surface area (Å²) in [5.74, 6) is 0.816. The van der Waals surface area contributed by atoms with Gasteiger partial charge in [-0.2, -0.15) is 0 Å². The zero-order chi connectivity index (χ0) is 30.5. The molecule has 0 aromatic heterocycles. The van der Waals surface area contributed by atoms with Crippen LogP contribution in [0.2, 0.25) is 0 Å². The van der Waals surface area contributed by atoms with Gasteiger partial charge in [-0.3, -0.25) is 14.6 Å². The normalized spacial score (nSPS) is 15.3. The minimum Gasteiger partial charge on any atom is -0.368 e. The van der Waals surface area contributed by atoms with E-state index in [2.05, 4.69) is 44.7 Å². The maximum atomic E-state index is 12.2. The van der Waals surface area contributed by atoms with Crippen LogP contribution in [0.15, 0.2) is 46.1 Å². The van der Waals surface area contributed by atoms with Gasteiger partial charge >= 0.3 is 0 Å². The zero-order valence-corrected chi connectivity index (χ0v) is 26.9. The van der Waals surface area contributed by atoms with E-state index < -0.39 is 9.84 Å². The van der Waals surface area contributed by atoms with E-state index in [-0.39, 0.29) is 34.8 Å². The Hall–Kier alpha value is -2.48. The number of rotatable bonds is 15. The quantitative estimate of drug-likeness (QED) is 0.198. The van der Waals surface area contributed by atoms with Crippen molar-refractivity contribution in [3.05, 3.63) is 41.7 Å². The molecule has 0 spiro atoms. The second-order valence-electron chi connectivity index (χ2n) is 12.0. The first-order valence-electron chi connectivity index (χ1n) is 14.7. The zero-order valence-electron chi connectivity index (χ0n) is 26.1. The highest BCUT2D eigenvalue weighted by atomic mass is 32.2. The van der Waals surface area contributed by atoms with Crippen LogP contribution < -0.4 is 5.32 Å². The van der Waals surface area contributed by atoms with E-state index in [4.69, 9.17) is 0 Å². The number of likely N-dealkylation sites (N-methyl/N-ethyl adjacent to an activating group) is 1. The van der Waals surface area contributed by atoms with Gasteiger partial charge in [-0.25, -0.2) is 8.42 Å². The van der Waals surface area contributed by atoms with Crippen molar-refractivity contribution in [3.63, 3.8) is 0 Å². The Morgan fingerprint density at radius 3 is 2.20 bits per heavy atom. The van der Waals surface area contributed by atoms with Gasteiger partial charge in [-0.15, -0.1) is 0 Å². The van der Waals surface area contributed by atoms with Crippen LogP contribution in [0.5, 0.6) is 0 Å². The summed E-state index contributed by atoms with van der Waals surface area (Å²) in [7, 11) is -1.32. The van der Waals surface area contributed by atoms with Gasteiger partial charge in [0.1, 0.15) is 0 Å². The Morgan fingerprint density at radius 2 is 1.75 bits per heavy atom. The smallest absolute Gasteiger partial charge is 0.222 e. The third kappa shape index (κ3) is 12.4. The molecule has 1 unspecified atom stereocenters. The van der Waals surface area contributed by atoms with Crippen molar-refractivity contribution in [2.75, 3.05) is 19.3 Å². The van der Waals surface area contributed by atoms with Crippen molar-refractivity contribution in [2.45, 2.75) is 104 Å². The molecule has 1 aromatic rings. The molecule has 1 amide bonds. The summed E-state index contributed by atoms with van der Waals surface area (Å²) in [6.45, 7) is 18.0. The molecule has 1 aromatic carbocycles. The summed E-state index contributed by atoms with van der Waals surface area (Å²) in [6.07, 6.45) is 8.69. The Morgan fingerprint density at radius 1 is 1.15 bits per heavy atom. The largest absolute Gasteiger partial charge is 0.368 e. The third-order valence-corrected chi connectivity index (χ3v) is 8.96. The van der Waals surface area contributed by atoms with Crippen LogP contribution in [0.25, 0.3) is 0 Å². The summed E-state index contributed by atoms with van der Waals surface area (Å²) in [5.41, 5.74) is 2.06. The molecule has 40 heavy (non-hydrogen) atoms. The number of aliphatic imine (C=N–C) groups is 1. The predicted molar refractivity (Wildman–Crippen MR) is 166 cm³/mol. The number of sulfone groups is 1. The van der Waals surface area contributed by atoms with Crippen LogP contribution >= 0.6 is 0 Å². The molecule has 0 heterocycles. The van der Waals surface area contributed by atoms with Crippen LogP contribution in [0, 0.1) is 17.3 Å². The molecule has 1 fully saturated rings. The number of amides is 1. The number of Topliss-reactive ketones (excluding diaryl/α,β-unsaturated/α-hetero) is 1. The van der Waals surface area contributed by atoms with E-state index in [1.54, 1.807) is 19.1 Å². The molecule has 0 aliphatic heterocycles. The number of carbonyl (C=O) groups is 2. The number of benzene rings is 1. The van der Waals surface area contributed by atoms with Crippen LogP contribution in [0.3, 0.4) is 0 Å². The van der Waals surface area contributed by atoms with Crippen LogP contribution in [-0.4, -0.2) is 57.1 Å². The Kier molecular flexibility index (Phi) is 14.8. The number of carbonyl (C=O) groups excluding carboxylic acids is 2. The molecule has 1 aliphatic carbocycles. The molecule has 1 saturated carbocycles. The molecule has 0 radical (unpaired) electrons. The lowest BCUT2D eigenvalue weighted by Crippen LogP contribution is -2.44. The molecule has 1 aliphatic rings. The molecule has 8 heteroatoms. The molecule has 2 atom stereocenters. The van der Waals surface area contributed by atoms with Crippen molar-refractivity contribution in [1.82, 2.24) is 10.2 Å². The first-order valence-corrected chi connectivity index (χ1v) is 16.3. The number of nitrogens with zero attached hydrogens (tertiary/aromatic N) is 2. The lowest BCUT2D eigenvalue weighted by molar-refractivity contribution is -0.125. The van der Waals surface area contributed by atoms with Crippen molar-refractivity contribution < 1.29 is 18.0 Å². The van der Waals surface area contributed by atoms with E-state index in [1.165, 1.54) is 12.8 Å². The van der Waals surface area contributed by atoms with Gasteiger partial charge in [0, 0.05) is 31.6 Å². The molecule has 2 rings (SSSR count). The average Bonchev–Trinajstić information content (AvgIpc) is 3.73. The molecular weight excluding hydrogens is 522 g/mol. The van der Waals surface area contributed by atoms with E-state index in [9.17, 15) is 18.0 Å². The van der Waals surface area contributed by atoms with E-state index in [1.807, 2.05) is 44.1 Å². The monoisotopic (exact) mass is 575 g/mol. The average molecular weight is 576 g/mol. The van der Waals surface area contributed by atoms with E-state index >= 15 is 0 Å². The minimum absolute atomic E-state index is 0.00635. The minimum atomic E-state index is -3.27. The van der Waals surface area contributed by atoms with Crippen molar-refractivity contribution in [1.29, 1.82) is 0 Å². The highest BCUT2D eigenvalue weighted by Crippen LogP contribution is 2.37. The van der Waals surface area contributed by atoms with Crippen molar-refractivity contribution >= 4 is 28.2 Å². The van der Waals surface area contributed by atoms with E-state index in [0.29, 0.717) is 23.8 Å². The highest BCUT2D eigenvalue weighted by molar-refractivity contribution is 7.91. The lowest BCUT2D eigenvalue weighted by atomic mass is 9.83. The second-order valence-corrected chi connectivity index (χ2v) is 14.1. The van der Waals surface area contributed by atoms with Crippen molar-refractivity contribution in [2.24, 2.45) is 22.2 Å². The predicted octanol–water partition coefficient (Wildman–Crippen LogP) is 6.23. The lowest BCUT2D eigenvalue weighted by Gasteiger charge is -2.35. The maximum Gasteiger partial charge on any atom is 0.222 e.